The van der Waals surface area contributed by atoms with Crippen molar-refractivity contribution < 1.29 is 4.42 Å². The molecule has 26 heavy (non-hydrogen) atoms. The second-order valence-corrected chi connectivity index (χ2v) is 7.10. The molecule has 0 amide bonds. The van der Waals surface area contributed by atoms with Crippen molar-refractivity contribution in [1.82, 2.24) is 9.97 Å². The molecule has 4 nitrogen and oxygen atoms in total. The molecule has 6 heteroatoms. The fourth-order valence-electron chi connectivity index (χ4n) is 2.57. The van der Waals surface area contributed by atoms with Crippen LogP contribution in [0.4, 0.5) is 5.82 Å². The summed E-state index contributed by atoms with van der Waals surface area (Å²) in [5.74, 6) is 2.46. The zero-order valence-electron chi connectivity index (χ0n) is 13.9. The number of hydrogen-bond donors (Lipinski definition) is 1. The maximum atomic E-state index is 5.94. The SMILES string of the molecule is Clc1ccc(CSc2nc(NCc3ccco3)c3ccccc3n2)cc1. The van der Waals surface area contributed by atoms with Crippen LogP contribution in [-0.2, 0) is 12.3 Å². The van der Waals surface area contributed by atoms with Gasteiger partial charge in [0.05, 0.1) is 18.3 Å². The van der Waals surface area contributed by atoms with Crippen LogP contribution in [0.2, 0.25) is 5.02 Å². The normalized spacial score (nSPS) is 11.0. The zero-order chi connectivity index (χ0) is 17.8. The molecule has 0 aliphatic heterocycles. The number of halogens is 1. The summed E-state index contributed by atoms with van der Waals surface area (Å²) in [6.45, 7) is 0.579. The topological polar surface area (TPSA) is 51.0 Å². The van der Waals surface area contributed by atoms with E-state index in [0.717, 1.165) is 38.4 Å². The van der Waals surface area contributed by atoms with Gasteiger partial charge in [0.15, 0.2) is 5.16 Å². The monoisotopic (exact) mass is 381 g/mol. The predicted molar refractivity (Wildman–Crippen MR) is 107 cm³/mol. The number of nitrogens with one attached hydrogen (secondary N) is 1. The third-order valence-electron chi connectivity index (χ3n) is 3.87. The Balaban J connectivity index is 1.57. The lowest BCUT2D eigenvalue weighted by Gasteiger charge is -2.10. The van der Waals surface area contributed by atoms with Crippen LogP contribution in [0.25, 0.3) is 10.9 Å². The lowest BCUT2D eigenvalue weighted by molar-refractivity contribution is 0.518. The Morgan fingerprint density at radius 3 is 2.62 bits per heavy atom. The summed E-state index contributed by atoms with van der Waals surface area (Å²) < 4.78 is 5.39. The molecule has 0 atom stereocenters. The molecule has 4 rings (SSSR count). The summed E-state index contributed by atoms with van der Waals surface area (Å²) in [6, 6.07) is 19.6. The molecule has 0 aliphatic rings. The molecule has 2 aromatic carbocycles. The van der Waals surface area contributed by atoms with Gasteiger partial charge in [-0.15, -0.1) is 0 Å². The maximum Gasteiger partial charge on any atom is 0.190 e. The first-order valence-electron chi connectivity index (χ1n) is 8.18. The molecule has 0 spiro atoms. The highest BCUT2D eigenvalue weighted by Crippen LogP contribution is 2.27. The average molecular weight is 382 g/mol. The molecular weight excluding hydrogens is 366 g/mol. The van der Waals surface area contributed by atoms with Crippen LogP contribution < -0.4 is 5.32 Å². The van der Waals surface area contributed by atoms with Crippen molar-refractivity contribution in [2.45, 2.75) is 17.5 Å². The zero-order valence-corrected chi connectivity index (χ0v) is 15.4. The third kappa shape index (κ3) is 4.00. The number of nitrogens with zero attached hydrogens (tertiary/aromatic N) is 2. The lowest BCUT2D eigenvalue weighted by Crippen LogP contribution is -2.03. The van der Waals surface area contributed by atoms with Crippen molar-refractivity contribution in [2.75, 3.05) is 5.32 Å². The molecule has 0 saturated heterocycles. The van der Waals surface area contributed by atoms with E-state index in [0.29, 0.717) is 6.54 Å². The molecule has 0 unspecified atom stereocenters. The second-order valence-electron chi connectivity index (χ2n) is 5.72. The first-order chi connectivity index (χ1) is 12.8. The minimum atomic E-state index is 0.579. The van der Waals surface area contributed by atoms with E-state index in [9.17, 15) is 0 Å². The Labute approximate surface area is 160 Å². The van der Waals surface area contributed by atoms with E-state index < -0.39 is 0 Å². The van der Waals surface area contributed by atoms with Crippen molar-refractivity contribution in [1.29, 1.82) is 0 Å². The number of aromatic nitrogens is 2. The second kappa shape index (κ2) is 7.81. The van der Waals surface area contributed by atoms with Gasteiger partial charge in [0.25, 0.3) is 0 Å². The van der Waals surface area contributed by atoms with Crippen molar-refractivity contribution in [3.8, 4) is 0 Å². The molecule has 130 valence electrons. The van der Waals surface area contributed by atoms with Gasteiger partial charge in [0, 0.05) is 16.2 Å². The Morgan fingerprint density at radius 1 is 0.962 bits per heavy atom. The number of thioether (sulfide) groups is 1. The minimum absolute atomic E-state index is 0.579. The standard InChI is InChI=1S/C20H16ClN3OS/c21-15-9-7-14(8-10-15)13-26-20-23-18-6-2-1-5-17(18)19(24-20)22-12-16-4-3-11-25-16/h1-11H,12-13H2,(H,22,23,24). The number of rotatable bonds is 6. The third-order valence-corrected chi connectivity index (χ3v) is 5.04. The van der Waals surface area contributed by atoms with Crippen LogP contribution in [-0.4, -0.2) is 9.97 Å². The molecule has 2 heterocycles. The van der Waals surface area contributed by atoms with Crippen molar-refractivity contribution in [3.05, 3.63) is 83.3 Å². The summed E-state index contributed by atoms with van der Waals surface area (Å²) in [4.78, 5) is 9.38. The van der Waals surface area contributed by atoms with Crippen molar-refractivity contribution in [2.24, 2.45) is 0 Å². The molecule has 0 saturated carbocycles. The Morgan fingerprint density at radius 2 is 1.81 bits per heavy atom. The van der Waals surface area contributed by atoms with Crippen molar-refractivity contribution in [3.63, 3.8) is 0 Å². The molecular formula is C20H16ClN3OS. The highest BCUT2D eigenvalue weighted by atomic mass is 35.5. The molecule has 1 N–H and O–H groups in total. The Kier molecular flexibility index (Phi) is 5.09. The summed E-state index contributed by atoms with van der Waals surface area (Å²) in [7, 11) is 0. The fourth-order valence-corrected chi connectivity index (χ4v) is 3.50. The first-order valence-corrected chi connectivity index (χ1v) is 9.54. The maximum absolute atomic E-state index is 5.94. The minimum Gasteiger partial charge on any atom is -0.467 e. The van der Waals surface area contributed by atoms with Gasteiger partial charge in [-0.25, -0.2) is 9.97 Å². The molecule has 0 bridgehead atoms. The van der Waals surface area contributed by atoms with Crippen LogP contribution in [0.15, 0.2) is 76.5 Å². The Bertz CT molecular complexity index is 1000. The summed E-state index contributed by atoms with van der Waals surface area (Å²) in [5.41, 5.74) is 2.10. The van der Waals surface area contributed by atoms with E-state index >= 15 is 0 Å². The van der Waals surface area contributed by atoms with E-state index in [4.69, 9.17) is 21.0 Å². The van der Waals surface area contributed by atoms with Crippen molar-refractivity contribution >= 4 is 40.1 Å². The van der Waals surface area contributed by atoms with Crippen LogP contribution >= 0.6 is 23.4 Å². The van der Waals surface area contributed by atoms with Crippen LogP contribution in [0, 0.1) is 0 Å². The highest BCUT2D eigenvalue weighted by molar-refractivity contribution is 7.98. The number of para-hydroxylation sites is 1. The van der Waals surface area contributed by atoms with Gasteiger partial charge in [-0.2, -0.15) is 0 Å². The van der Waals surface area contributed by atoms with Gasteiger partial charge in [-0.1, -0.05) is 47.6 Å². The molecule has 4 aromatic rings. The van der Waals surface area contributed by atoms with Gasteiger partial charge in [0.1, 0.15) is 11.6 Å². The van der Waals surface area contributed by atoms with Gasteiger partial charge in [0.2, 0.25) is 0 Å². The van der Waals surface area contributed by atoms with Gasteiger partial charge in [-0.3, -0.25) is 0 Å². The molecule has 2 aromatic heterocycles. The van der Waals surface area contributed by atoms with Gasteiger partial charge in [-0.05, 0) is 42.0 Å². The van der Waals surface area contributed by atoms with E-state index in [2.05, 4.69) is 10.3 Å². The number of benzene rings is 2. The van der Waals surface area contributed by atoms with Crippen LogP contribution in [0.3, 0.4) is 0 Å². The smallest absolute Gasteiger partial charge is 0.190 e. The number of furan rings is 1. The Hall–Kier alpha value is -2.50. The largest absolute Gasteiger partial charge is 0.467 e. The summed E-state index contributed by atoms with van der Waals surface area (Å²) >= 11 is 7.55. The van der Waals surface area contributed by atoms with Crippen LogP contribution in [0.1, 0.15) is 11.3 Å². The lowest BCUT2D eigenvalue weighted by atomic mass is 10.2. The van der Waals surface area contributed by atoms with Gasteiger partial charge < -0.3 is 9.73 Å². The molecule has 0 aliphatic carbocycles. The van der Waals surface area contributed by atoms with E-state index in [1.165, 1.54) is 5.56 Å². The molecule has 0 radical (unpaired) electrons. The predicted octanol–water partition coefficient (Wildman–Crippen LogP) is 5.78. The fraction of sp³-hybridized carbons (Fsp3) is 0.100. The van der Waals surface area contributed by atoms with Crippen LogP contribution in [0.5, 0.6) is 0 Å². The number of anilines is 1. The first kappa shape index (κ1) is 16.9. The van der Waals surface area contributed by atoms with E-state index in [1.807, 2.05) is 60.7 Å². The summed E-state index contributed by atoms with van der Waals surface area (Å²) in [6.07, 6.45) is 1.67. The number of hydrogen-bond acceptors (Lipinski definition) is 5. The summed E-state index contributed by atoms with van der Waals surface area (Å²) in [5, 5.41) is 5.83. The highest BCUT2D eigenvalue weighted by Gasteiger charge is 2.09. The van der Waals surface area contributed by atoms with E-state index in [1.54, 1.807) is 18.0 Å². The van der Waals surface area contributed by atoms with Gasteiger partial charge >= 0.3 is 0 Å². The average Bonchev–Trinajstić information content (AvgIpc) is 3.19. The van der Waals surface area contributed by atoms with E-state index in [-0.39, 0.29) is 0 Å². The molecule has 0 fully saturated rings. The quantitative estimate of drug-likeness (QED) is 0.339. The number of fused-ring (bicyclic) bond motifs is 1.